The molecule has 0 saturated heterocycles. The molecule has 11 nitrogen and oxygen atoms in total. The fourth-order valence-corrected chi connectivity index (χ4v) is 4.49. The summed E-state index contributed by atoms with van der Waals surface area (Å²) in [7, 11) is 0. The first-order valence-corrected chi connectivity index (χ1v) is 12.7. The molecule has 0 radical (unpaired) electrons. The Morgan fingerprint density at radius 1 is 0.738 bits per heavy atom. The van der Waals surface area contributed by atoms with Crippen molar-refractivity contribution in [2.45, 2.75) is 13.1 Å². The van der Waals surface area contributed by atoms with E-state index in [0.29, 0.717) is 45.9 Å². The maximum absolute atomic E-state index is 13.9. The van der Waals surface area contributed by atoms with Gasteiger partial charge in [0.25, 0.3) is 5.91 Å². The summed E-state index contributed by atoms with van der Waals surface area (Å²) in [6.07, 6.45) is 4.70. The number of aromatic amines is 1. The minimum atomic E-state index is -0.629. The number of halogens is 2. The van der Waals surface area contributed by atoms with Crippen molar-refractivity contribution in [1.82, 2.24) is 44.7 Å². The van der Waals surface area contributed by atoms with Crippen molar-refractivity contribution in [3.8, 4) is 11.5 Å². The molecule has 0 unspecified atom stereocenters. The third-order valence-electron chi connectivity index (χ3n) is 6.44. The SMILES string of the molecule is Fc1ccccc1Cn1nc(-c2ncn[nH]2)c2cccnc21.NC(=O)c1nn(Cc2ccccc2F)c2ncccc12. The van der Waals surface area contributed by atoms with Gasteiger partial charge in [0, 0.05) is 23.5 Å². The van der Waals surface area contributed by atoms with Gasteiger partial charge in [-0.1, -0.05) is 36.4 Å². The Morgan fingerprint density at radius 2 is 1.31 bits per heavy atom. The Morgan fingerprint density at radius 3 is 1.88 bits per heavy atom. The largest absolute Gasteiger partial charge is 0.364 e. The average molecular weight is 565 g/mol. The monoisotopic (exact) mass is 564 g/mol. The minimum absolute atomic E-state index is 0.143. The summed E-state index contributed by atoms with van der Waals surface area (Å²) in [6.45, 7) is 0.488. The van der Waals surface area contributed by atoms with Crippen LogP contribution in [0.1, 0.15) is 21.6 Å². The summed E-state index contributed by atoms with van der Waals surface area (Å²) < 4.78 is 30.7. The molecule has 5 aromatic heterocycles. The van der Waals surface area contributed by atoms with Crippen LogP contribution in [0.15, 0.2) is 91.5 Å². The summed E-state index contributed by atoms with van der Waals surface area (Å²) in [5, 5.41) is 16.7. The van der Waals surface area contributed by atoms with Crippen LogP contribution in [0.3, 0.4) is 0 Å². The number of pyridine rings is 2. The fraction of sp³-hybridized carbons (Fsp3) is 0.0690. The molecule has 13 heteroatoms. The van der Waals surface area contributed by atoms with Gasteiger partial charge in [-0.2, -0.15) is 15.3 Å². The van der Waals surface area contributed by atoms with Gasteiger partial charge in [-0.15, -0.1) is 0 Å². The van der Waals surface area contributed by atoms with Crippen LogP contribution in [0, 0.1) is 11.6 Å². The maximum atomic E-state index is 13.9. The van der Waals surface area contributed by atoms with Crippen molar-refractivity contribution in [2.75, 3.05) is 0 Å². The van der Waals surface area contributed by atoms with E-state index in [2.05, 4.69) is 35.3 Å². The third kappa shape index (κ3) is 5.18. The quantitative estimate of drug-likeness (QED) is 0.309. The molecule has 0 aliphatic rings. The molecule has 7 aromatic rings. The van der Waals surface area contributed by atoms with Crippen molar-refractivity contribution >= 4 is 28.0 Å². The van der Waals surface area contributed by atoms with Gasteiger partial charge in [-0.25, -0.2) is 33.1 Å². The second-order valence-corrected chi connectivity index (χ2v) is 9.14. The Kier molecular flexibility index (Phi) is 7.12. The molecule has 0 bridgehead atoms. The van der Waals surface area contributed by atoms with Crippen LogP contribution in [-0.2, 0) is 13.1 Å². The molecule has 1 amide bonds. The van der Waals surface area contributed by atoms with Gasteiger partial charge in [0.1, 0.15) is 23.7 Å². The fourth-order valence-electron chi connectivity index (χ4n) is 4.49. The number of fused-ring (bicyclic) bond motifs is 2. The summed E-state index contributed by atoms with van der Waals surface area (Å²) in [5.74, 6) is -0.656. The first-order chi connectivity index (χ1) is 20.5. The Bertz CT molecular complexity index is 2020. The van der Waals surface area contributed by atoms with E-state index in [1.165, 1.54) is 23.1 Å². The van der Waals surface area contributed by atoms with E-state index in [1.54, 1.807) is 65.6 Å². The number of benzene rings is 2. The first kappa shape index (κ1) is 26.4. The van der Waals surface area contributed by atoms with E-state index < -0.39 is 5.91 Å². The van der Waals surface area contributed by atoms with Crippen LogP contribution < -0.4 is 5.73 Å². The summed E-state index contributed by atoms with van der Waals surface area (Å²) in [5.41, 5.74) is 8.30. The molecular formula is C29H22F2N10O. The second-order valence-electron chi connectivity index (χ2n) is 9.14. The van der Waals surface area contributed by atoms with Gasteiger partial charge in [-0.3, -0.25) is 9.89 Å². The third-order valence-corrected chi connectivity index (χ3v) is 6.44. The van der Waals surface area contributed by atoms with Crippen LogP contribution >= 0.6 is 0 Å². The van der Waals surface area contributed by atoms with Crippen molar-refractivity contribution in [3.63, 3.8) is 0 Å². The molecule has 208 valence electrons. The lowest BCUT2D eigenvalue weighted by molar-refractivity contribution is 0.0996. The van der Waals surface area contributed by atoms with E-state index in [9.17, 15) is 13.6 Å². The Hall–Kier alpha value is -5.85. The van der Waals surface area contributed by atoms with Gasteiger partial charge < -0.3 is 5.73 Å². The zero-order chi connectivity index (χ0) is 29.1. The molecule has 2 aromatic carbocycles. The molecule has 0 aliphatic carbocycles. The number of amides is 1. The number of nitrogens with zero attached hydrogens (tertiary/aromatic N) is 8. The van der Waals surface area contributed by atoms with Gasteiger partial charge in [0.15, 0.2) is 22.8 Å². The number of rotatable bonds is 6. The molecule has 42 heavy (non-hydrogen) atoms. The zero-order valence-corrected chi connectivity index (χ0v) is 21.9. The number of primary amides is 1. The molecule has 0 aliphatic heterocycles. The summed E-state index contributed by atoms with van der Waals surface area (Å²) in [6, 6.07) is 20.2. The zero-order valence-electron chi connectivity index (χ0n) is 21.9. The van der Waals surface area contributed by atoms with Gasteiger partial charge in [-0.05, 0) is 36.4 Å². The normalized spacial score (nSPS) is 11.0. The average Bonchev–Trinajstić information content (AvgIpc) is 3.75. The standard InChI is InChI=1S/C15H11FN6.C14H11FN4O/c16-12-6-2-1-4-10(12)8-22-15-11(5-3-7-17-15)13(21-22)14-18-9-19-20-14;15-11-6-2-1-4-9(11)8-19-14-10(5-3-7-17-14)12(18-19)13(16)20/h1-7,9H,8H2,(H,18,19,20);1-7H,8H2,(H2,16,20). The predicted molar refractivity (Wildman–Crippen MR) is 150 cm³/mol. The number of nitrogens with two attached hydrogens (primary N) is 1. The number of H-pyrrole nitrogens is 1. The predicted octanol–water partition coefficient (Wildman–Crippen LogP) is 4.12. The molecule has 0 fully saturated rings. The van der Waals surface area contributed by atoms with Crippen LogP contribution in [0.2, 0.25) is 0 Å². The number of hydrogen-bond donors (Lipinski definition) is 2. The van der Waals surface area contributed by atoms with Crippen LogP contribution in [0.5, 0.6) is 0 Å². The molecular weight excluding hydrogens is 542 g/mol. The van der Waals surface area contributed by atoms with Crippen LogP contribution in [0.25, 0.3) is 33.6 Å². The highest BCUT2D eigenvalue weighted by Gasteiger charge is 2.17. The number of carbonyl (C=O) groups excluding carboxylic acids is 1. The van der Waals surface area contributed by atoms with E-state index in [0.717, 1.165) is 5.39 Å². The van der Waals surface area contributed by atoms with Gasteiger partial charge in [0.05, 0.1) is 23.9 Å². The number of nitrogens with one attached hydrogen (secondary N) is 1. The van der Waals surface area contributed by atoms with Crippen molar-refractivity contribution in [1.29, 1.82) is 0 Å². The van der Waals surface area contributed by atoms with Gasteiger partial charge >= 0.3 is 0 Å². The lowest BCUT2D eigenvalue weighted by Gasteiger charge is -2.04. The Balaban J connectivity index is 0.000000151. The molecule has 7 rings (SSSR count). The lowest BCUT2D eigenvalue weighted by atomic mass is 10.2. The van der Waals surface area contributed by atoms with E-state index >= 15 is 0 Å². The lowest BCUT2D eigenvalue weighted by Crippen LogP contribution is -2.13. The highest BCUT2D eigenvalue weighted by Crippen LogP contribution is 2.24. The van der Waals surface area contributed by atoms with E-state index in [4.69, 9.17) is 5.73 Å². The van der Waals surface area contributed by atoms with Crippen molar-refractivity contribution in [3.05, 3.63) is 120 Å². The summed E-state index contributed by atoms with van der Waals surface area (Å²) >= 11 is 0. The van der Waals surface area contributed by atoms with Crippen molar-refractivity contribution < 1.29 is 13.6 Å². The first-order valence-electron chi connectivity index (χ1n) is 12.7. The highest BCUT2D eigenvalue weighted by molar-refractivity contribution is 6.03. The van der Waals surface area contributed by atoms with Gasteiger partial charge in [0.2, 0.25) is 0 Å². The Labute approximate surface area is 236 Å². The van der Waals surface area contributed by atoms with E-state index in [1.807, 2.05) is 12.1 Å². The minimum Gasteiger partial charge on any atom is -0.364 e. The second kappa shape index (κ2) is 11.3. The molecule has 0 spiro atoms. The van der Waals surface area contributed by atoms with Crippen molar-refractivity contribution in [2.24, 2.45) is 5.73 Å². The number of carbonyl (C=O) groups is 1. The highest BCUT2D eigenvalue weighted by atomic mass is 19.1. The molecule has 5 heterocycles. The van der Waals surface area contributed by atoms with Crippen LogP contribution in [0.4, 0.5) is 8.78 Å². The molecule has 0 saturated carbocycles. The molecule has 3 N–H and O–H groups in total. The topological polar surface area (TPSA) is 146 Å². The number of aromatic nitrogens is 9. The smallest absolute Gasteiger partial charge is 0.269 e. The maximum Gasteiger partial charge on any atom is 0.269 e. The van der Waals surface area contributed by atoms with E-state index in [-0.39, 0.29) is 23.9 Å². The molecule has 0 atom stereocenters. The van der Waals surface area contributed by atoms with Crippen LogP contribution in [-0.4, -0.2) is 50.6 Å². The summed E-state index contributed by atoms with van der Waals surface area (Å²) in [4.78, 5) is 24.1. The number of hydrogen-bond acceptors (Lipinski definition) is 7.